The molecule has 0 aromatic rings. The highest BCUT2D eigenvalue weighted by Crippen LogP contribution is 2.34. The summed E-state index contributed by atoms with van der Waals surface area (Å²) < 4.78 is 10.3. The standard InChI is InChI=1S/C6H10NO5/c1-4-3-5(2)10-6(9-4)11-7(8)12-6/h4-5H,3H2,1-2H3/q+1. The Balaban J connectivity index is 2.02. The molecule has 2 saturated heterocycles. The highest BCUT2D eigenvalue weighted by atomic mass is 17.3. The van der Waals surface area contributed by atoms with Gasteiger partial charge in [0.1, 0.15) is 4.91 Å². The van der Waals surface area contributed by atoms with E-state index in [-0.39, 0.29) is 17.3 Å². The van der Waals surface area contributed by atoms with Crippen LogP contribution in [0.25, 0.3) is 0 Å². The fraction of sp³-hybridized carbons (Fsp3) is 1.00. The van der Waals surface area contributed by atoms with Crippen molar-refractivity contribution in [1.29, 1.82) is 0 Å². The summed E-state index contributed by atoms with van der Waals surface area (Å²) in [6.45, 7) is 3.72. The molecule has 0 saturated carbocycles. The van der Waals surface area contributed by atoms with Gasteiger partial charge in [0, 0.05) is 6.42 Å². The molecule has 2 aliphatic heterocycles. The average Bonchev–Trinajstić information content (AvgIpc) is 1.80. The van der Waals surface area contributed by atoms with Gasteiger partial charge in [-0.2, -0.15) is 0 Å². The largest absolute Gasteiger partial charge is 0.635 e. The Kier molecular flexibility index (Phi) is 1.49. The molecular weight excluding hydrogens is 166 g/mol. The van der Waals surface area contributed by atoms with Crippen molar-refractivity contribution in [3.63, 3.8) is 0 Å². The molecule has 2 heterocycles. The van der Waals surface area contributed by atoms with E-state index in [0.717, 1.165) is 6.42 Å². The molecule has 2 unspecified atom stereocenters. The van der Waals surface area contributed by atoms with Crippen molar-refractivity contribution in [2.24, 2.45) is 0 Å². The summed E-state index contributed by atoms with van der Waals surface area (Å²) >= 11 is 0. The lowest BCUT2D eigenvalue weighted by molar-refractivity contribution is -1.15. The van der Waals surface area contributed by atoms with Crippen LogP contribution in [0.15, 0.2) is 0 Å². The molecule has 0 aromatic carbocycles. The molecule has 12 heavy (non-hydrogen) atoms. The Labute approximate surface area is 68.8 Å². The molecule has 0 aromatic heterocycles. The number of hydrogen-bond donors (Lipinski definition) is 0. The lowest BCUT2D eigenvalue weighted by Crippen LogP contribution is -2.60. The smallest absolute Gasteiger partial charge is 0.270 e. The van der Waals surface area contributed by atoms with Crippen molar-refractivity contribution in [3.8, 4) is 0 Å². The van der Waals surface area contributed by atoms with E-state index in [0.29, 0.717) is 0 Å². The molecule has 68 valence electrons. The van der Waals surface area contributed by atoms with Crippen LogP contribution < -0.4 is 0 Å². The van der Waals surface area contributed by atoms with Crippen LogP contribution in [-0.2, 0) is 19.1 Å². The molecule has 6 heteroatoms. The summed E-state index contributed by atoms with van der Waals surface area (Å²) in [6, 6.07) is 0. The minimum Gasteiger partial charge on any atom is -0.270 e. The molecule has 0 bridgehead atoms. The van der Waals surface area contributed by atoms with Gasteiger partial charge in [-0.15, -0.1) is 0 Å². The Morgan fingerprint density at radius 2 is 1.75 bits per heavy atom. The maximum atomic E-state index is 10.3. The Hall–Kier alpha value is -0.880. The third kappa shape index (κ3) is 1.12. The van der Waals surface area contributed by atoms with Crippen LogP contribution in [0.1, 0.15) is 20.3 Å². The van der Waals surface area contributed by atoms with Gasteiger partial charge in [-0.25, -0.2) is 0 Å². The molecular formula is C6H10NO5+. The van der Waals surface area contributed by atoms with Gasteiger partial charge in [-0.05, 0) is 13.8 Å². The van der Waals surface area contributed by atoms with Gasteiger partial charge in [0.25, 0.3) is 0 Å². The number of nitrogens with zero attached hydrogens (tertiary/aromatic N) is 1. The lowest BCUT2D eigenvalue weighted by Gasteiger charge is -2.35. The van der Waals surface area contributed by atoms with Crippen LogP contribution >= 0.6 is 0 Å². The second-order valence-corrected chi connectivity index (χ2v) is 3.00. The average molecular weight is 176 g/mol. The van der Waals surface area contributed by atoms with E-state index < -0.39 is 6.16 Å². The molecule has 0 aliphatic carbocycles. The number of hydrogen-bond acceptors (Lipinski definition) is 5. The number of rotatable bonds is 0. The summed E-state index contributed by atoms with van der Waals surface area (Å²) in [6.07, 6.45) is -0.892. The van der Waals surface area contributed by atoms with Gasteiger partial charge in [-0.1, -0.05) is 9.68 Å². The summed E-state index contributed by atoms with van der Waals surface area (Å²) in [4.78, 5) is 19.3. The maximum absolute atomic E-state index is 10.3. The third-order valence-corrected chi connectivity index (χ3v) is 1.73. The first-order valence-corrected chi connectivity index (χ1v) is 3.81. The molecule has 2 rings (SSSR count). The summed E-state index contributed by atoms with van der Waals surface area (Å²) in [5, 5.41) is -0.0369. The summed E-state index contributed by atoms with van der Waals surface area (Å²) in [7, 11) is 0. The molecule has 2 fully saturated rings. The summed E-state index contributed by atoms with van der Waals surface area (Å²) in [5.41, 5.74) is 0. The van der Waals surface area contributed by atoms with Crippen LogP contribution in [0.4, 0.5) is 0 Å². The van der Waals surface area contributed by atoms with Gasteiger partial charge in [-0.3, -0.25) is 9.47 Å². The van der Waals surface area contributed by atoms with Gasteiger partial charge < -0.3 is 0 Å². The zero-order valence-corrected chi connectivity index (χ0v) is 6.85. The zero-order chi connectivity index (χ0) is 8.77. The van der Waals surface area contributed by atoms with Gasteiger partial charge >= 0.3 is 11.2 Å². The van der Waals surface area contributed by atoms with Gasteiger partial charge in [0.2, 0.25) is 0 Å². The quantitative estimate of drug-likeness (QED) is 0.536. The monoisotopic (exact) mass is 176 g/mol. The highest BCUT2D eigenvalue weighted by molar-refractivity contribution is 4.65. The van der Waals surface area contributed by atoms with Gasteiger partial charge in [0.05, 0.1) is 12.2 Å². The van der Waals surface area contributed by atoms with Crippen molar-refractivity contribution in [3.05, 3.63) is 4.91 Å². The molecule has 1 spiro atoms. The molecule has 6 nitrogen and oxygen atoms in total. The molecule has 0 amide bonds. The van der Waals surface area contributed by atoms with Crippen LogP contribution in [0.5, 0.6) is 0 Å². The van der Waals surface area contributed by atoms with Crippen LogP contribution in [-0.4, -0.2) is 23.5 Å². The van der Waals surface area contributed by atoms with E-state index in [1.165, 1.54) is 0 Å². The minimum atomic E-state index is -1.57. The zero-order valence-electron chi connectivity index (χ0n) is 6.85. The molecule has 0 N–H and O–H groups in total. The number of ether oxygens (including phenoxy) is 2. The third-order valence-electron chi connectivity index (χ3n) is 1.73. The molecule has 2 aliphatic rings. The van der Waals surface area contributed by atoms with Crippen LogP contribution in [0.3, 0.4) is 0 Å². The van der Waals surface area contributed by atoms with E-state index >= 15 is 0 Å². The van der Waals surface area contributed by atoms with Crippen molar-refractivity contribution >= 4 is 0 Å². The Morgan fingerprint density at radius 1 is 1.25 bits per heavy atom. The van der Waals surface area contributed by atoms with Crippen LogP contribution in [0.2, 0.25) is 0 Å². The van der Waals surface area contributed by atoms with Crippen molar-refractivity contribution < 1.29 is 24.2 Å². The normalized spacial score (nSPS) is 38.3. The highest BCUT2D eigenvalue weighted by Gasteiger charge is 2.68. The van der Waals surface area contributed by atoms with E-state index in [1.807, 2.05) is 13.8 Å². The lowest BCUT2D eigenvalue weighted by atomic mass is 10.2. The first-order valence-electron chi connectivity index (χ1n) is 3.81. The second-order valence-electron chi connectivity index (χ2n) is 3.00. The van der Waals surface area contributed by atoms with Crippen molar-refractivity contribution in [2.75, 3.05) is 0 Å². The first kappa shape index (κ1) is 7.75. The second kappa shape index (κ2) is 2.30. The first-order chi connectivity index (χ1) is 5.60. The van der Waals surface area contributed by atoms with E-state index in [2.05, 4.69) is 9.68 Å². The predicted octanol–water partition coefficient (Wildman–Crippen LogP) is 0.467. The maximum Gasteiger partial charge on any atom is 0.635 e. The predicted molar refractivity (Wildman–Crippen MR) is 34.2 cm³/mol. The topological polar surface area (TPSA) is 57.0 Å². The fourth-order valence-electron chi connectivity index (χ4n) is 1.36. The Morgan fingerprint density at radius 3 is 2.17 bits per heavy atom. The SMILES string of the molecule is CC1CC(C)OC2(O1)O[N+](=O)O2. The Bertz CT molecular complexity index is 198. The van der Waals surface area contributed by atoms with Crippen molar-refractivity contribution in [1.82, 2.24) is 0 Å². The molecule has 0 radical (unpaired) electrons. The van der Waals surface area contributed by atoms with E-state index in [9.17, 15) is 4.91 Å². The van der Waals surface area contributed by atoms with Gasteiger partial charge in [0.15, 0.2) is 0 Å². The minimum absolute atomic E-state index is 0.0369. The van der Waals surface area contributed by atoms with Crippen LogP contribution in [0, 0.1) is 4.91 Å². The summed E-state index contributed by atoms with van der Waals surface area (Å²) in [5.74, 6) is 0. The van der Waals surface area contributed by atoms with E-state index in [1.54, 1.807) is 0 Å². The fourth-order valence-corrected chi connectivity index (χ4v) is 1.36. The van der Waals surface area contributed by atoms with Crippen molar-refractivity contribution in [2.45, 2.75) is 38.6 Å². The molecule has 2 atom stereocenters. The van der Waals surface area contributed by atoms with E-state index in [4.69, 9.17) is 9.47 Å².